The summed E-state index contributed by atoms with van der Waals surface area (Å²) in [5.74, 6) is 0.141. The first kappa shape index (κ1) is 20.6. The molecule has 4 heteroatoms. The third kappa shape index (κ3) is 4.41. The highest BCUT2D eigenvalue weighted by atomic mass is 35.5. The molecule has 154 valence electrons. The van der Waals surface area contributed by atoms with Gasteiger partial charge in [0.25, 0.3) is 0 Å². The Hall–Kier alpha value is -2.65. The molecule has 1 heterocycles. The van der Waals surface area contributed by atoms with E-state index in [-0.39, 0.29) is 5.78 Å². The summed E-state index contributed by atoms with van der Waals surface area (Å²) in [7, 11) is 2.20. The van der Waals surface area contributed by atoms with Crippen LogP contribution in [0.15, 0.2) is 66.9 Å². The van der Waals surface area contributed by atoms with E-state index in [1.165, 1.54) is 30.5 Å². The smallest absolute Gasteiger partial charge is 0.163 e. The first-order chi connectivity index (χ1) is 14.5. The summed E-state index contributed by atoms with van der Waals surface area (Å²) in [6.45, 7) is 2.27. The van der Waals surface area contributed by atoms with Gasteiger partial charge in [-0.05, 0) is 60.6 Å². The molecule has 1 fully saturated rings. The summed E-state index contributed by atoms with van der Waals surface area (Å²) in [5, 5.41) is 0.470. The number of rotatable bonds is 8. The Kier molecular flexibility index (Phi) is 5.92. The van der Waals surface area contributed by atoms with E-state index in [4.69, 9.17) is 11.6 Å². The van der Waals surface area contributed by atoms with Gasteiger partial charge in [0.15, 0.2) is 5.78 Å². The minimum absolute atomic E-state index is 0.141. The molecule has 2 aromatic carbocycles. The third-order valence-electron chi connectivity index (χ3n) is 6.42. The molecule has 0 N–H and O–H groups in total. The van der Waals surface area contributed by atoms with E-state index in [0.717, 1.165) is 16.7 Å². The van der Waals surface area contributed by atoms with Crippen LogP contribution in [0.5, 0.6) is 0 Å². The van der Waals surface area contributed by atoms with Gasteiger partial charge in [0.2, 0.25) is 0 Å². The maximum atomic E-state index is 12.5. The van der Waals surface area contributed by atoms with E-state index >= 15 is 0 Å². The van der Waals surface area contributed by atoms with Crippen LogP contribution in [-0.4, -0.2) is 23.4 Å². The van der Waals surface area contributed by atoms with Crippen LogP contribution in [0.4, 0.5) is 5.69 Å². The first-order valence-corrected chi connectivity index (χ1v) is 11.0. The Balaban J connectivity index is 1.39. The van der Waals surface area contributed by atoms with Crippen LogP contribution >= 0.6 is 11.6 Å². The molecule has 3 nitrogen and oxygen atoms in total. The van der Waals surface area contributed by atoms with E-state index in [0.29, 0.717) is 23.5 Å². The number of benzene rings is 2. The third-order valence-corrected chi connectivity index (χ3v) is 6.64. The van der Waals surface area contributed by atoms with Crippen LogP contribution in [0.2, 0.25) is 5.15 Å². The number of Topliss-reactive ketones (excluding diaryl/α,β-unsaturated/α-hetero) is 1. The second kappa shape index (κ2) is 8.61. The van der Waals surface area contributed by atoms with Crippen molar-refractivity contribution >= 4 is 23.1 Å². The zero-order valence-corrected chi connectivity index (χ0v) is 18.3. The van der Waals surface area contributed by atoms with Crippen LogP contribution in [0.3, 0.4) is 0 Å². The van der Waals surface area contributed by atoms with Gasteiger partial charge in [-0.25, -0.2) is 4.98 Å². The molecule has 1 aliphatic carbocycles. The number of carbonyl (C=O) groups is 1. The number of hydrogen-bond donors (Lipinski definition) is 0. The zero-order chi connectivity index (χ0) is 21.1. The van der Waals surface area contributed by atoms with Gasteiger partial charge >= 0.3 is 0 Å². The van der Waals surface area contributed by atoms with E-state index < -0.39 is 0 Å². The largest absolute Gasteiger partial charge is 0.369 e. The second-order valence-electron chi connectivity index (χ2n) is 8.17. The number of anilines is 1. The molecular weight excluding hydrogens is 392 g/mol. The number of hydrogen-bond acceptors (Lipinski definition) is 3. The summed E-state index contributed by atoms with van der Waals surface area (Å²) >= 11 is 5.81. The maximum absolute atomic E-state index is 12.5. The molecule has 0 amide bonds. The minimum atomic E-state index is 0.141. The van der Waals surface area contributed by atoms with Crippen molar-refractivity contribution in [2.75, 3.05) is 11.9 Å². The topological polar surface area (TPSA) is 33.2 Å². The molecule has 0 bridgehead atoms. The number of halogens is 1. The van der Waals surface area contributed by atoms with Crippen molar-refractivity contribution in [3.8, 4) is 11.1 Å². The van der Waals surface area contributed by atoms with Crippen molar-refractivity contribution in [3.63, 3.8) is 0 Å². The number of aromatic nitrogens is 1. The van der Waals surface area contributed by atoms with Gasteiger partial charge in [-0.15, -0.1) is 0 Å². The monoisotopic (exact) mass is 418 g/mol. The molecule has 0 aliphatic heterocycles. The van der Waals surface area contributed by atoms with Crippen molar-refractivity contribution in [1.82, 2.24) is 4.98 Å². The molecule has 1 saturated carbocycles. The van der Waals surface area contributed by atoms with Gasteiger partial charge < -0.3 is 4.90 Å². The fourth-order valence-corrected chi connectivity index (χ4v) is 4.14. The standard InChI is InChI=1S/C26H27ClN2O/c1-3-26(16-17-26)29(2)23-12-10-21(11-13-23)20-6-8-22(9-7-20)24(30)14-4-19-5-15-25(27)28-18-19/h5-13,15,18H,3-4,14,16-17H2,1-2H3. The lowest BCUT2D eigenvalue weighted by molar-refractivity contribution is 0.0983. The fraction of sp³-hybridized carbons (Fsp3) is 0.308. The van der Waals surface area contributed by atoms with Gasteiger partial charge in [0, 0.05) is 36.5 Å². The zero-order valence-electron chi connectivity index (χ0n) is 17.6. The molecule has 0 unspecified atom stereocenters. The van der Waals surface area contributed by atoms with Gasteiger partial charge in [0.1, 0.15) is 5.15 Å². The van der Waals surface area contributed by atoms with Crippen molar-refractivity contribution in [1.29, 1.82) is 0 Å². The Morgan fingerprint density at radius 1 is 1.00 bits per heavy atom. The van der Waals surface area contributed by atoms with Crippen molar-refractivity contribution < 1.29 is 4.79 Å². The van der Waals surface area contributed by atoms with Crippen LogP contribution in [0.1, 0.15) is 48.5 Å². The molecule has 4 rings (SSSR count). The quantitative estimate of drug-likeness (QED) is 0.305. The number of ketones is 1. The highest BCUT2D eigenvalue weighted by molar-refractivity contribution is 6.29. The predicted octanol–water partition coefficient (Wildman–Crippen LogP) is 6.60. The first-order valence-electron chi connectivity index (χ1n) is 10.6. The molecule has 0 saturated heterocycles. The molecule has 1 aromatic heterocycles. The van der Waals surface area contributed by atoms with Crippen molar-refractivity contribution in [3.05, 3.63) is 83.1 Å². The SMILES string of the molecule is CCC1(N(C)c2ccc(-c3ccc(C(=O)CCc4ccc(Cl)nc4)cc3)cc2)CC1. The van der Waals surface area contributed by atoms with E-state index in [1.807, 2.05) is 30.3 Å². The van der Waals surface area contributed by atoms with E-state index in [1.54, 1.807) is 12.3 Å². The molecule has 3 aromatic rings. The second-order valence-corrected chi connectivity index (χ2v) is 8.56. The molecule has 0 spiro atoms. The predicted molar refractivity (Wildman–Crippen MR) is 124 cm³/mol. The summed E-state index contributed by atoms with van der Waals surface area (Å²) in [6, 6.07) is 20.3. The van der Waals surface area contributed by atoms with Gasteiger partial charge in [-0.3, -0.25) is 4.79 Å². The maximum Gasteiger partial charge on any atom is 0.163 e. The van der Waals surface area contributed by atoms with Gasteiger partial charge in [-0.1, -0.05) is 61.0 Å². The Labute approximate surface area is 183 Å². The van der Waals surface area contributed by atoms with E-state index in [9.17, 15) is 4.79 Å². The molecule has 30 heavy (non-hydrogen) atoms. The van der Waals surface area contributed by atoms with Crippen molar-refractivity contribution in [2.45, 2.75) is 44.6 Å². The Bertz CT molecular complexity index is 1010. The van der Waals surface area contributed by atoms with Gasteiger partial charge in [0.05, 0.1) is 0 Å². The molecule has 0 atom stereocenters. The highest BCUT2D eigenvalue weighted by Crippen LogP contribution is 2.45. The van der Waals surface area contributed by atoms with Crippen molar-refractivity contribution in [2.24, 2.45) is 0 Å². The fourth-order valence-electron chi connectivity index (χ4n) is 4.03. The lowest BCUT2D eigenvalue weighted by Gasteiger charge is -2.29. The minimum Gasteiger partial charge on any atom is -0.369 e. The van der Waals surface area contributed by atoms with Crippen LogP contribution < -0.4 is 4.90 Å². The Morgan fingerprint density at radius 2 is 1.63 bits per heavy atom. The number of aryl methyl sites for hydroxylation is 1. The normalized spacial score (nSPS) is 14.4. The number of nitrogens with zero attached hydrogens (tertiary/aromatic N) is 2. The van der Waals surface area contributed by atoms with Crippen LogP contribution in [0, 0.1) is 0 Å². The molecular formula is C26H27ClN2O. The van der Waals surface area contributed by atoms with Crippen LogP contribution in [0.25, 0.3) is 11.1 Å². The lowest BCUT2D eigenvalue weighted by Crippen LogP contribution is -2.32. The van der Waals surface area contributed by atoms with E-state index in [2.05, 4.69) is 48.1 Å². The lowest BCUT2D eigenvalue weighted by atomic mass is 9.99. The molecule has 0 radical (unpaired) electrons. The average Bonchev–Trinajstić information content (AvgIpc) is 3.60. The summed E-state index contributed by atoms with van der Waals surface area (Å²) in [6.07, 6.45) is 6.61. The van der Waals surface area contributed by atoms with Crippen LogP contribution in [-0.2, 0) is 6.42 Å². The number of carbonyl (C=O) groups excluding carboxylic acids is 1. The molecule has 1 aliphatic rings. The average molecular weight is 419 g/mol. The number of pyridine rings is 1. The summed E-state index contributed by atoms with van der Waals surface area (Å²) in [4.78, 5) is 19.0. The highest BCUT2D eigenvalue weighted by Gasteiger charge is 2.44. The van der Waals surface area contributed by atoms with Gasteiger partial charge in [-0.2, -0.15) is 0 Å². The summed E-state index contributed by atoms with van der Waals surface area (Å²) in [5.41, 5.74) is 5.69. The summed E-state index contributed by atoms with van der Waals surface area (Å²) < 4.78 is 0. The Morgan fingerprint density at radius 3 is 2.17 bits per heavy atom.